The number of rotatable bonds is 14. The lowest BCUT2D eigenvalue weighted by atomic mass is 10.00. The molecule has 0 spiro atoms. The van der Waals surface area contributed by atoms with Crippen molar-refractivity contribution in [2.45, 2.75) is 84.1 Å². The SMILES string of the molecule is COc1cc(S(C)(=O)=O)ccc1N(C(=O)OC(OC(=O)[C@@H](NC(=O)OC(C)(C)C)C(C)C)C(C)C)c1nc2ccc(-c3ccc(NC(=O)[C@H](C)c4ccc(F)cc4)cc3)cn2n1. The molecule has 0 radical (unpaired) electrons. The minimum absolute atomic E-state index is 0.00731. The molecule has 1 unspecified atom stereocenters. The third-order valence-electron chi connectivity index (χ3n) is 9.36. The summed E-state index contributed by atoms with van der Waals surface area (Å²) >= 11 is 0. The van der Waals surface area contributed by atoms with Gasteiger partial charge in [-0.3, -0.25) is 4.79 Å². The second kappa shape index (κ2) is 19.0. The van der Waals surface area contributed by atoms with Gasteiger partial charge in [-0.15, -0.1) is 5.10 Å². The number of pyridine rings is 1. The summed E-state index contributed by atoms with van der Waals surface area (Å²) in [6.07, 6.45) is -0.725. The van der Waals surface area contributed by atoms with Gasteiger partial charge in [0.1, 0.15) is 23.2 Å². The molecule has 0 aliphatic carbocycles. The number of methoxy groups -OCH3 is 1. The Morgan fingerprint density at radius 1 is 0.839 bits per heavy atom. The highest BCUT2D eigenvalue weighted by Gasteiger charge is 2.35. The lowest BCUT2D eigenvalue weighted by molar-refractivity contribution is -0.178. The van der Waals surface area contributed by atoms with Crippen LogP contribution in [0, 0.1) is 17.7 Å². The van der Waals surface area contributed by atoms with Crippen molar-refractivity contribution in [1.82, 2.24) is 19.9 Å². The van der Waals surface area contributed by atoms with Crippen LogP contribution in [-0.4, -0.2) is 78.4 Å². The Morgan fingerprint density at radius 2 is 1.48 bits per heavy atom. The smallest absolute Gasteiger partial charge is 0.424 e. The Kier molecular flexibility index (Phi) is 14.3. The van der Waals surface area contributed by atoms with E-state index in [1.54, 1.807) is 110 Å². The second-order valence-corrected chi connectivity index (χ2v) is 18.2. The summed E-state index contributed by atoms with van der Waals surface area (Å²) in [6, 6.07) is 19.0. The van der Waals surface area contributed by atoms with Crippen LogP contribution < -0.4 is 20.3 Å². The van der Waals surface area contributed by atoms with Gasteiger partial charge in [-0.25, -0.2) is 36.6 Å². The molecular formula is C44H51FN6O10S. The molecule has 0 aliphatic rings. The third kappa shape index (κ3) is 11.6. The summed E-state index contributed by atoms with van der Waals surface area (Å²) in [4.78, 5) is 58.9. The van der Waals surface area contributed by atoms with Crippen LogP contribution in [0.4, 0.5) is 31.3 Å². The zero-order valence-corrected chi connectivity index (χ0v) is 36.9. The molecule has 2 aromatic heterocycles. The first kappa shape index (κ1) is 46.5. The first-order chi connectivity index (χ1) is 29.0. The molecule has 0 saturated heterocycles. The maximum atomic E-state index is 14.4. The molecule has 62 heavy (non-hydrogen) atoms. The minimum Gasteiger partial charge on any atom is -0.495 e. The van der Waals surface area contributed by atoms with Crippen LogP contribution in [0.3, 0.4) is 0 Å². The number of aromatic nitrogens is 3. The number of hydrogen-bond donors (Lipinski definition) is 2. The predicted molar refractivity (Wildman–Crippen MR) is 229 cm³/mol. The van der Waals surface area contributed by atoms with E-state index in [1.165, 1.54) is 42.0 Å². The van der Waals surface area contributed by atoms with Crippen LogP contribution in [0.5, 0.6) is 5.75 Å². The van der Waals surface area contributed by atoms with E-state index >= 15 is 0 Å². The first-order valence-electron chi connectivity index (χ1n) is 19.7. The molecule has 0 aliphatic heterocycles. The summed E-state index contributed by atoms with van der Waals surface area (Å²) in [5.41, 5.74) is 2.16. The van der Waals surface area contributed by atoms with Crippen molar-refractivity contribution < 1.29 is 50.9 Å². The molecule has 330 valence electrons. The number of alkyl carbamates (subject to hydrolysis) is 1. The van der Waals surface area contributed by atoms with Gasteiger partial charge in [0.25, 0.3) is 12.2 Å². The van der Waals surface area contributed by atoms with Crippen molar-refractivity contribution in [2.75, 3.05) is 23.6 Å². The number of amides is 3. The van der Waals surface area contributed by atoms with Gasteiger partial charge >= 0.3 is 18.2 Å². The van der Waals surface area contributed by atoms with Crippen LogP contribution in [0.2, 0.25) is 0 Å². The Bertz CT molecular complexity index is 2540. The van der Waals surface area contributed by atoms with Gasteiger partial charge in [0.15, 0.2) is 15.5 Å². The number of carbonyl (C=O) groups is 4. The fourth-order valence-corrected chi connectivity index (χ4v) is 6.60. The fraction of sp³-hybridized carbons (Fsp3) is 0.364. The van der Waals surface area contributed by atoms with Crippen molar-refractivity contribution in [3.63, 3.8) is 0 Å². The molecular weight excluding hydrogens is 824 g/mol. The van der Waals surface area contributed by atoms with Crippen LogP contribution in [-0.2, 0) is 33.6 Å². The standard InChI is InChI=1S/C44H51FN6O10S/c1-25(2)37(48-42(54)61-44(6,7)8)39(53)59-40(26(3)4)60-43(55)51(34-21-20-33(62(10,56)57)23-35(34)58-9)41-47-36-22-15-30(24-50(36)49-41)29-13-18-32(19-14-29)46-38(52)27(5)28-11-16-31(45)17-12-28/h11-27,37,40H,1-10H3,(H,46,52)(H,48,54)/t27-,37+,40?/m1/s1. The molecule has 0 fully saturated rings. The number of halogens is 1. The van der Waals surface area contributed by atoms with Crippen molar-refractivity contribution in [3.8, 4) is 16.9 Å². The number of ether oxygens (including phenoxy) is 4. The Hall–Kier alpha value is -6.56. The maximum Gasteiger partial charge on any atom is 0.424 e. The number of hydrogen-bond acceptors (Lipinski definition) is 12. The molecule has 5 rings (SSSR count). The van der Waals surface area contributed by atoms with E-state index in [9.17, 15) is 32.0 Å². The zero-order chi connectivity index (χ0) is 45.7. The van der Waals surface area contributed by atoms with E-state index in [-0.39, 0.29) is 34.0 Å². The number of nitrogens with zero attached hydrogens (tertiary/aromatic N) is 4. The van der Waals surface area contributed by atoms with E-state index in [2.05, 4.69) is 20.7 Å². The Balaban J connectivity index is 1.44. The van der Waals surface area contributed by atoms with Crippen LogP contribution in [0.15, 0.2) is 90.0 Å². The molecule has 3 aromatic carbocycles. The zero-order valence-electron chi connectivity index (χ0n) is 36.1. The molecule has 3 amide bonds. The quantitative estimate of drug-likeness (QED) is 0.0806. The van der Waals surface area contributed by atoms with Crippen LogP contribution in [0.25, 0.3) is 16.8 Å². The van der Waals surface area contributed by atoms with E-state index in [1.807, 2.05) is 0 Å². The van der Waals surface area contributed by atoms with Crippen molar-refractivity contribution >= 4 is 56.9 Å². The van der Waals surface area contributed by atoms with Gasteiger partial charge in [-0.05, 0) is 93.3 Å². The van der Waals surface area contributed by atoms with Gasteiger partial charge in [-0.1, -0.05) is 52.0 Å². The van der Waals surface area contributed by atoms with E-state index in [4.69, 9.17) is 18.9 Å². The highest BCUT2D eigenvalue weighted by atomic mass is 32.2. The second-order valence-electron chi connectivity index (χ2n) is 16.2. The number of nitrogens with one attached hydrogen (secondary N) is 2. The summed E-state index contributed by atoms with van der Waals surface area (Å²) in [5, 5.41) is 9.99. The number of esters is 1. The molecule has 2 heterocycles. The summed E-state index contributed by atoms with van der Waals surface area (Å²) in [7, 11) is -2.40. The summed E-state index contributed by atoms with van der Waals surface area (Å²) in [6.45, 7) is 13.5. The number of anilines is 3. The lowest BCUT2D eigenvalue weighted by Gasteiger charge is -2.29. The molecule has 5 aromatic rings. The van der Waals surface area contributed by atoms with E-state index < -0.39 is 63.7 Å². The summed E-state index contributed by atoms with van der Waals surface area (Å²) < 4.78 is 62.2. The fourth-order valence-electron chi connectivity index (χ4n) is 5.97. The monoisotopic (exact) mass is 874 g/mol. The molecule has 2 N–H and O–H groups in total. The summed E-state index contributed by atoms with van der Waals surface area (Å²) in [5.74, 6) is -3.34. The minimum atomic E-state index is -3.70. The normalized spacial score (nSPS) is 13.2. The van der Waals surface area contributed by atoms with Gasteiger partial charge in [0.05, 0.1) is 23.6 Å². The largest absolute Gasteiger partial charge is 0.495 e. The van der Waals surface area contributed by atoms with Crippen molar-refractivity contribution in [2.24, 2.45) is 11.8 Å². The molecule has 0 bridgehead atoms. The van der Waals surface area contributed by atoms with Gasteiger partial charge in [0, 0.05) is 35.7 Å². The predicted octanol–water partition coefficient (Wildman–Crippen LogP) is 8.04. The average Bonchev–Trinajstić information content (AvgIpc) is 3.61. The van der Waals surface area contributed by atoms with Gasteiger partial charge in [-0.2, -0.15) is 4.98 Å². The molecule has 18 heteroatoms. The maximum absolute atomic E-state index is 14.4. The van der Waals surface area contributed by atoms with Crippen LogP contribution >= 0.6 is 0 Å². The van der Waals surface area contributed by atoms with Gasteiger partial charge in [0.2, 0.25) is 5.91 Å². The van der Waals surface area contributed by atoms with E-state index in [0.717, 1.165) is 16.7 Å². The number of sulfone groups is 1. The molecule has 0 saturated carbocycles. The third-order valence-corrected chi connectivity index (χ3v) is 10.5. The van der Waals surface area contributed by atoms with Crippen LogP contribution in [0.1, 0.15) is 66.9 Å². The van der Waals surface area contributed by atoms with Crippen molar-refractivity contribution in [3.05, 3.63) is 96.4 Å². The topological polar surface area (TPSA) is 197 Å². The Morgan fingerprint density at radius 3 is 2.06 bits per heavy atom. The average molecular weight is 875 g/mol. The molecule has 3 atom stereocenters. The number of fused-ring (bicyclic) bond motifs is 1. The highest BCUT2D eigenvalue weighted by Crippen LogP contribution is 2.36. The Labute approximate surface area is 359 Å². The van der Waals surface area contributed by atoms with Crippen molar-refractivity contribution in [1.29, 1.82) is 0 Å². The van der Waals surface area contributed by atoms with E-state index in [0.29, 0.717) is 22.5 Å². The van der Waals surface area contributed by atoms with Gasteiger partial charge < -0.3 is 29.6 Å². The highest BCUT2D eigenvalue weighted by molar-refractivity contribution is 7.90. The number of carbonyl (C=O) groups excluding carboxylic acids is 4. The first-order valence-corrected chi connectivity index (χ1v) is 21.6. The molecule has 16 nitrogen and oxygen atoms in total. The lowest BCUT2D eigenvalue weighted by Crippen LogP contribution is -2.49. The number of benzene rings is 3.